The van der Waals surface area contributed by atoms with E-state index < -0.39 is 0 Å². The van der Waals surface area contributed by atoms with E-state index >= 15 is 0 Å². The highest BCUT2D eigenvalue weighted by molar-refractivity contribution is 5.93. The Morgan fingerprint density at radius 2 is 2.20 bits per heavy atom. The van der Waals surface area contributed by atoms with Crippen molar-refractivity contribution in [2.75, 3.05) is 6.54 Å². The fourth-order valence-electron chi connectivity index (χ4n) is 2.07. The number of carbonyl (C=O) groups excluding carboxylic acids is 1. The first-order valence-corrected chi connectivity index (χ1v) is 6.60. The van der Waals surface area contributed by atoms with E-state index in [0.29, 0.717) is 19.5 Å². The molecule has 106 valence electrons. The topological polar surface area (TPSA) is 79.8 Å². The number of hydrogen-bond acceptors (Lipinski definition) is 3. The standard InChI is InChI=1S/C14H18N4O2/c1-3-18-10(2)4-5-12(14(18)20)13(19)15-8-6-11-7-9-16-17-11/h4-5,7,9H,3,6,8H2,1-2H3,(H,15,19)(H,16,17). The van der Waals surface area contributed by atoms with Crippen LogP contribution in [0.2, 0.25) is 0 Å². The minimum Gasteiger partial charge on any atom is -0.351 e. The molecule has 0 bridgehead atoms. The molecule has 20 heavy (non-hydrogen) atoms. The summed E-state index contributed by atoms with van der Waals surface area (Å²) in [4.78, 5) is 24.2. The van der Waals surface area contributed by atoms with Gasteiger partial charge < -0.3 is 9.88 Å². The molecule has 0 fully saturated rings. The van der Waals surface area contributed by atoms with E-state index in [1.165, 1.54) is 0 Å². The van der Waals surface area contributed by atoms with Crippen LogP contribution in [0.4, 0.5) is 0 Å². The Balaban J connectivity index is 2.04. The van der Waals surface area contributed by atoms with Crippen LogP contribution in [-0.4, -0.2) is 27.2 Å². The van der Waals surface area contributed by atoms with E-state index in [0.717, 1.165) is 11.4 Å². The van der Waals surface area contributed by atoms with E-state index in [9.17, 15) is 9.59 Å². The highest BCUT2D eigenvalue weighted by Gasteiger charge is 2.12. The second kappa shape index (κ2) is 6.18. The fraction of sp³-hybridized carbons (Fsp3) is 0.357. The molecule has 2 N–H and O–H groups in total. The van der Waals surface area contributed by atoms with Crippen LogP contribution >= 0.6 is 0 Å². The van der Waals surface area contributed by atoms with Crippen molar-refractivity contribution in [3.05, 3.63) is 51.7 Å². The maximum Gasteiger partial charge on any atom is 0.263 e. The van der Waals surface area contributed by atoms with Crippen LogP contribution in [0.5, 0.6) is 0 Å². The lowest BCUT2D eigenvalue weighted by atomic mass is 10.2. The molecular weight excluding hydrogens is 256 g/mol. The van der Waals surface area contributed by atoms with Crippen LogP contribution in [0.25, 0.3) is 0 Å². The number of nitrogens with one attached hydrogen (secondary N) is 2. The Kier molecular flexibility index (Phi) is 4.34. The molecule has 2 aromatic heterocycles. The summed E-state index contributed by atoms with van der Waals surface area (Å²) >= 11 is 0. The third kappa shape index (κ3) is 2.96. The van der Waals surface area contributed by atoms with Gasteiger partial charge in [-0.15, -0.1) is 0 Å². The van der Waals surface area contributed by atoms with E-state index in [1.807, 2.05) is 19.9 Å². The third-order valence-electron chi connectivity index (χ3n) is 3.19. The quantitative estimate of drug-likeness (QED) is 0.849. The lowest BCUT2D eigenvalue weighted by Gasteiger charge is -2.09. The number of nitrogens with zero attached hydrogens (tertiary/aromatic N) is 2. The van der Waals surface area contributed by atoms with Crippen molar-refractivity contribution in [3.8, 4) is 0 Å². The van der Waals surface area contributed by atoms with Gasteiger partial charge in [-0.25, -0.2) is 0 Å². The summed E-state index contributed by atoms with van der Waals surface area (Å²) in [5.41, 5.74) is 1.74. The molecule has 0 radical (unpaired) electrons. The van der Waals surface area contributed by atoms with E-state index in [2.05, 4.69) is 15.5 Å². The van der Waals surface area contributed by atoms with Crippen LogP contribution in [0.15, 0.2) is 29.2 Å². The summed E-state index contributed by atoms with van der Waals surface area (Å²) in [6, 6.07) is 5.21. The van der Waals surface area contributed by atoms with Gasteiger partial charge in [-0.3, -0.25) is 14.7 Å². The number of aryl methyl sites for hydroxylation is 1. The summed E-state index contributed by atoms with van der Waals surface area (Å²) in [5, 5.41) is 9.40. The SMILES string of the molecule is CCn1c(C)ccc(C(=O)NCCc2ccn[nH]2)c1=O. The van der Waals surface area contributed by atoms with Gasteiger partial charge in [-0.05, 0) is 32.0 Å². The van der Waals surface area contributed by atoms with E-state index in [4.69, 9.17) is 0 Å². The lowest BCUT2D eigenvalue weighted by Crippen LogP contribution is -2.34. The molecule has 2 aromatic rings. The number of hydrogen-bond donors (Lipinski definition) is 2. The Bertz CT molecular complexity index is 644. The predicted octanol–water partition coefficient (Wildman–Crippen LogP) is 0.872. The van der Waals surface area contributed by atoms with Crippen LogP contribution < -0.4 is 10.9 Å². The summed E-state index contributed by atoms with van der Waals surface area (Å²) in [5.74, 6) is -0.336. The molecule has 6 heteroatoms. The van der Waals surface area contributed by atoms with Gasteiger partial charge in [-0.1, -0.05) is 0 Å². The Hall–Kier alpha value is -2.37. The summed E-state index contributed by atoms with van der Waals surface area (Å²) in [7, 11) is 0. The fourth-order valence-corrected chi connectivity index (χ4v) is 2.07. The van der Waals surface area contributed by atoms with Gasteiger partial charge in [0, 0.05) is 37.1 Å². The second-order valence-electron chi connectivity index (χ2n) is 4.53. The molecule has 0 saturated heterocycles. The molecule has 0 atom stereocenters. The highest BCUT2D eigenvalue weighted by Crippen LogP contribution is 1.99. The van der Waals surface area contributed by atoms with Gasteiger partial charge in [0.2, 0.25) is 0 Å². The molecule has 2 rings (SSSR count). The smallest absolute Gasteiger partial charge is 0.263 e. The minimum atomic E-state index is -0.336. The number of carbonyl (C=O) groups is 1. The Morgan fingerprint density at radius 3 is 2.85 bits per heavy atom. The minimum absolute atomic E-state index is 0.182. The number of amides is 1. The first-order valence-electron chi connectivity index (χ1n) is 6.60. The van der Waals surface area contributed by atoms with Crippen LogP contribution in [0.3, 0.4) is 0 Å². The molecule has 0 saturated carbocycles. The highest BCUT2D eigenvalue weighted by atomic mass is 16.2. The van der Waals surface area contributed by atoms with Crippen molar-refractivity contribution in [2.24, 2.45) is 0 Å². The predicted molar refractivity (Wildman–Crippen MR) is 75.7 cm³/mol. The van der Waals surface area contributed by atoms with Crippen LogP contribution in [-0.2, 0) is 13.0 Å². The number of pyridine rings is 1. The van der Waals surface area contributed by atoms with Crippen molar-refractivity contribution >= 4 is 5.91 Å². The summed E-state index contributed by atoms with van der Waals surface area (Å²) in [6.45, 7) is 4.75. The molecule has 0 aliphatic heterocycles. The Labute approximate surface area is 116 Å². The van der Waals surface area contributed by atoms with Crippen LogP contribution in [0, 0.1) is 6.92 Å². The first kappa shape index (κ1) is 14.0. The van der Waals surface area contributed by atoms with Gasteiger partial charge in [-0.2, -0.15) is 5.10 Å². The van der Waals surface area contributed by atoms with Gasteiger partial charge in [0.15, 0.2) is 0 Å². The summed E-state index contributed by atoms with van der Waals surface area (Å²) < 4.78 is 1.59. The van der Waals surface area contributed by atoms with E-state index in [-0.39, 0.29) is 17.0 Å². The average molecular weight is 274 g/mol. The van der Waals surface area contributed by atoms with Crippen molar-refractivity contribution in [1.82, 2.24) is 20.1 Å². The molecule has 0 unspecified atom stereocenters. The molecule has 6 nitrogen and oxygen atoms in total. The second-order valence-corrected chi connectivity index (χ2v) is 4.53. The third-order valence-corrected chi connectivity index (χ3v) is 3.19. The van der Waals surface area contributed by atoms with Gasteiger partial charge in [0.1, 0.15) is 5.56 Å². The van der Waals surface area contributed by atoms with Crippen LogP contribution in [0.1, 0.15) is 28.7 Å². The number of aromatic nitrogens is 3. The molecule has 0 spiro atoms. The van der Waals surface area contributed by atoms with Gasteiger partial charge in [0.25, 0.3) is 11.5 Å². The normalized spacial score (nSPS) is 10.5. The van der Waals surface area contributed by atoms with Gasteiger partial charge in [0.05, 0.1) is 0 Å². The average Bonchev–Trinajstić information content (AvgIpc) is 2.92. The first-order chi connectivity index (χ1) is 9.63. The molecule has 1 amide bonds. The monoisotopic (exact) mass is 274 g/mol. The van der Waals surface area contributed by atoms with Crippen molar-refractivity contribution in [2.45, 2.75) is 26.8 Å². The molecule has 0 aliphatic carbocycles. The van der Waals surface area contributed by atoms with Crippen molar-refractivity contribution < 1.29 is 4.79 Å². The zero-order valence-corrected chi connectivity index (χ0v) is 11.6. The number of aromatic amines is 1. The largest absolute Gasteiger partial charge is 0.351 e. The number of rotatable bonds is 5. The molecule has 2 heterocycles. The zero-order valence-electron chi connectivity index (χ0n) is 11.6. The van der Waals surface area contributed by atoms with E-state index in [1.54, 1.807) is 22.9 Å². The maximum atomic E-state index is 12.1. The van der Waals surface area contributed by atoms with Gasteiger partial charge >= 0.3 is 0 Å². The lowest BCUT2D eigenvalue weighted by molar-refractivity contribution is 0.0952. The molecule has 0 aliphatic rings. The molecule has 0 aromatic carbocycles. The summed E-state index contributed by atoms with van der Waals surface area (Å²) in [6.07, 6.45) is 2.32. The maximum absolute atomic E-state index is 12.1. The van der Waals surface area contributed by atoms with Crippen molar-refractivity contribution in [3.63, 3.8) is 0 Å². The zero-order chi connectivity index (χ0) is 14.5. The van der Waals surface area contributed by atoms with Crippen molar-refractivity contribution in [1.29, 1.82) is 0 Å². The Morgan fingerprint density at radius 1 is 1.40 bits per heavy atom. The molecular formula is C14H18N4O2. The number of H-pyrrole nitrogens is 1.